The SMILES string of the molecule is N[C@@H](CO)c1cccc2c1CCC2. The highest BCUT2D eigenvalue weighted by Crippen LogP contribution is 2.27. The second kappa shape index (κ2) is 3.48. The Kier molecular flexibility index (Phi) is 2.34. The van der Waals surface area contributed by atoms with Crippen LogP contribution in [0.25, 0.3) is 0 Å². The van der Waals surface area contributed by atoms with Gasteiger partial charge in [-0.15, -0.1) is 0 Å². The number of aryl methyl sites for hydroxylation is 1. The molecule has 13 heavy (non-hydrogen) atoms. The first-order valence-corrected chi connectivity index (χ1v) is 4.80. The van der Waals surface area contributed by atoms with Crippen molar-refractivity contribution in [1.29, 1.82) is 0 Å². The molecule has 1 aliphatic carbocycles. The second-order valence-corrected chi connectivity index (χ2v) is 3.63. The minimum atomic E-state index is -0.201. The van der Waals surface area contributed by atoms with Crippen LogP contribution >= 0.6 is 0 Å². The number of rotatable bonds is 2. The third kappa shape index (κ3) is 1.47. The highest BCUT2D eigenvalue weighted by molar-refractivity contribution is 5.40. The minimum absolute atomic E-state index is 0.0381. The molecule has 0 aromatic heterocycles. The topological polar surface area (TPSA) is 46.2 Å². The van der Waals surface area contributed by atoms with E-state index in [0.29, 0.717) is 0 Å². The maximum absolute atomic E-state index is 8.99. The van der Waals surface area contributed by atoms with Crippen molar-refractivity contribution < 1.29 is 5.11 Å². The maximum Gasteiger partial charge on any atom is 0.0624 e. The molecule has 2 rings (SSSR count). The van der Waals surface area contributed by atoms with Gasteiger partial charge in [-0.3, -0.25) is 0 Å². The summed E-state index contributed by atoms with van der Waals surface area (Å²) in [6, 6.07) is 6.03. The average molecular weight is 177 g/mol. The number of aliphatic hydroxyl groups excluding tert-OH is 1. The lowest BCUT2D eigenvalue weighted by atomic mass is 9.98. The lowest BCUT2D eigenvalue weighted by molar-refractivity contribution is 0.267. The highest BCUT2D eigenvalue weighted by atomic mass is 16.3. The molecule has 0 radical (unpaired) electrons. The molecule has 1 aromatic carbocycles. The largest absolute Gasteiger partial charge is 0.394 e. The van der Waals surface area contributed by atoms with E-state index in [2.05, 4.69) is 6.07 Å². The van der Waals surface area contributed by atoms with Crippen LogP contribution in [-0.4, -0.2) is 11.7 Å². The molecule has 0 saturated heterocycles. The van der Waals surface area contributed by atoms with Gasteiger partial charge >= 0.3 is 0 Å². The Balaban J connectivity index is 2.41. The van der Waals surface area contributed by atoms with Crippen molar-refractivity contribution in [3.8, 4) is 0 Å². The molecule has 0 amide bonds. The van der Waals surface area contributed by atoms with Gasteiger partial charge in [-0.05, 0) is 36.0 Å². The Morgan fingerprint density at radius 1 is 1.38 bits per heavy atom. The summed E-state index contributed by atoms with van der Waals surface area (Å²) in [5.74, 6) is 0. The van der Waals surface area contributed by atoms with E-state index in [1.54, 1.807) is 0 Å². The van der Waals surface area contributed by atoms with Crippen LogP contribution in [0.3, 0.4) is 0 Å². The van der Waals surface area contributed by atoms with Crippen LogP contribution < -0.4 is 5.73 Å². The van der Waals surface area contributed by atoms with E-state index < -0.39 is 0 Å². The molecule has 70 valence electrons. The van der Waals surface area contributed by atoms with Crippen molar-refractivity contribution >= 4 is 0 Å². The van der Waals surface area contributed by atoms with Crippen LogP contribution in [0, 0.1) is 0 Å². The molecule has 0 spiro atoms. The molecular formula is C11H15NO. The van der Waals surface area contributed by atoms with E-state index >= 15 is 0 Å². The molecule has 1 aliphatic rings. The molecule has 0 fully saturated rings. The first-order valence-electron chi connectivity index (χ1n) is 4.80. The predicted octanol–water partition coefficient (Wildman–Crippen LogP) is 1.17. The van der Waals surface area contributed by atoms with E-state index in [1.165, 1.54) is 24.0 Å². The van der Waals surface area contributed by atoms with Crippen LogP contribution in [-0.2, 0) is 12.8 Å². The molecule has 2 heteroatoms. The van der Waals surface area contributed by atoms with Gasteiger partial charge < -0.3 is 10.8 Å². The fourth-order valence-corrected chi connectivity index (χ4v) is 2.09. The molecule has 3 N–H and O–H groups in total. The maximum atomic E-state index is 8.99. The van der Waals surface area contributed by atoms with Gasteiger partial charge in [0.2, 0.25) is 0 Å². The molecule has 0 heterocycles. The third-order valence-electron chi connectivity index (χ3n) is 2.78. The Morgan fingerprint density at radius 2 is 2.23 bits per heavy atom. The number of fused-ring (bicyclic) bond motifs is 1. The zero-order valence-corrected chi connectivity index (χ0v) is 7.66. The molecule has 0 bridgehead atoms. The first kappa shape index (κ1) is 8.73. The van der Waals surface area contributed by atoms with Crippen molar-refractivity contribution in [3.63, 3.8) is 0 Å². The van der Waals surface area contributed by atoms with Crippen molar-refractivity contribution in [3.05, 3.63) is 34.9 Å². The minimum Gasteiger partial charge on any atom is -0.394 e. The quantitative estimate of drug-likeness (QED) is 0.712. The average Bonchev–Trinajstić information content (AvgIpc) is 2.63. The monoisotopic (exact) mass is 177 g/mol. The fraction of sp³-hybridized carbons (Fsp3) is 0.455. The summed E-state index contributed by atoms with van der Waals surface area (Å²) in [6.07, 6.45) is 3.52. The summed E-state index contributed by atoms with van der Waals surface area (Å²) < 4.78 is 0. The smallest absolute Gasteiger partial charge is 0.0624 e. The zero-order chi connectivity index (χ0) is 9.26. The normalized spacial score (nSPS) is 17.1. The van der Waals surface area contributed by atoms with Gasteiger partial charge in [-0.1, -0.05) is 18.2 Å². The van der Waals surface area contributed by atoms with Crippen LogP contribution in [0.15, 0.2) is 18.2 Å². The number of aliphatic hydroxyl groups is 1. The standard InChI is InChI=1S/C11H15NO/c12-11(7-13)10-6-2-4-8-3-1-5-9(8)10/h2,4,6,11,13H,1,3,5,7,12H2/t11-/m0/s1. The summed E-state index contributed by atoms with van der Waals surface area (Å²) in [6.45, 7) is 0.0381. The molecule has 1 atom stereocenters. The van der Waals surface area contributed by atoms with Crippen molar-refractivity contribution in [2.75, 3.05) is 6.61 Å². The Morgan fingerprint density at radius 3 is 3.00 bits per heavy atom. The van der Waals surface area contributed by atoms with Crippen LogP contribution in [0.5, 0.6) is 0 Å². The summed E-state index contributed by atoms with van der Waals surface area (Å²) in [5, 5.41) is 8.99. The van der Waals surface area contributed by atoms with Gasteiger partial charge in [0.05, 0.1) is 12.6 Å². The van der Waals surface area contributed by atoms with Crippen LogP contribution in [0.1, 0.15) is 29.2 Å². The second-order valence-electron chi connectivity index (χ2n) is 3.63. The van der Waals surface area contributed by atoms with Crippen LogP contribution in [0.4, 0.5) is 0 Å². The van der Waals surface area contributed by atoms with E-state index in [4.69, 9.17) is 10.8 Å². The lowest BCUT2D eigenvalue weighted by Gasteiger charge is -2.13. The summed E-state index contributed by atoms with van der Waals surface area (Å²) >= 11 is 0. The number of hydrogen-bond donors (Lipinski definition) is 2. The molecule has 2 nitrogen and oxygen atoms in total. The number of nitrogens with two attached hydrogens (primary N) is 1. The third-order valence-corrected chi connectivity index (χ3v) is 2.78. The molecule has 0 unspecified atom stereocenters. The number of benzene rings is 1. The van der Waals surface area contributed by atoms with E-state index in [9.17, 15) is 0 Å². The zero-order valence-electron chi connectivity index (χ0n) is 7.66. The van der Waals surface area contributed by atoms with E-state index in [-0.39, 0.29) is 12.6 Å². The van der Waals surface area contributed by atoms with E-state index in [1.807, 2.05) is 12.1 Å². The lowest BCUT2D eigenvalue weighted by Crippen LogP contribution is -2.16. The number of hydrogen-bond acceptors (Lipinski definition) is 2. The van der Waals surface area contributed by atoms with Gasteiger partial charge in [-0.25, -0.2) is 0 Å². The fourth-order valence-electron chi connectivity index (χ4n) is 2.09. The molecule has 0 saturated carbocycles. The van der Waals surface area contributed by atoms with Gasteiger partial charge in [-0.2, -0.15) is 0 Å². The Hall–Kier alpha value is -0.860. The Bertz CT molecular complexity index is 309. The highest BCUT2D eigenvalue weighted by Gasteiger charge is 2.17. The van der Waals surface area contributed by atoms with Crippen molar-refractivity contribution in [2.45, 2.75) is 25.3 Å². The van der Waals surface area contributed by atoms with Gasteiger partial charge in [0.1, 0.15) is 0 Å². The summed E-state index contributed by atoms with van der Waals surface area (Å²) in [7, 11) is 0. The van der Waals surface area contributed by atoms with Crippen molar-refractivity contribution in [1.82, 2.24) is 0 Å². The molecular weight excluding hydrogens is 162 g/mol. The van der Waals surface area contributed by atoms with Gasteiger partial charge in [0, 0.05) is 0 Å². The van der Waals surface area contributed by atoms with Gasteiger partial charge in [0.15, 0.2) is 0 Å². The summed E-state index contributed by atoms with van der Waals surface area (Å²) in [4.78, 5) is 0. The molecule has 1 aromatic rings. The summed E-state index contributed by atoms with van der Waals surface area (Å²) in [5.41, 5.74) is 9.75. The first-order chi connectivity index (χ1) is 6.33. The predicted molar refractivity (Wildman–Crippen MR) is 52.5 cm³/mol. The van der Waals surface area contributed by atoms with Gasteiger partial charge in [0.25, 0.3) is 0 Å². The van der Waals surface area contributed by atoms with Crippen molar-refractivity contribution in [2.24, 2.45) is 5.73 Å². The Labute approximate surface area is 78.4 Å². The molecule has 0 aliphatic heterocycles. The van der Waals surface area contributed by atoms with E-state index in [0.717, 1.165) is 12.0 Å². The van der Waals surface area contributed by atoms with Crippen LogP contribution in [0.2, 0.25) is 0 Å².